The molecule has 1 fully saturated rings. The van der Waals surface area contributed by atoms with Gasteiger partial charge in [-0.3, -0.25) is 19.1 Å². The van der Waals surface area contributed by atoms with Crippen LogP contribution in [-0.4, -0.2) is 63.0 Å². The molecule has 1 aliphatic heterocycles. The molecular formula is C26H35N5O3. The van der Waals surface area contributed by atoms with E-state index < -0.39 is 11.9 Å². The number of benzene rings is 1. The monoisotopic (exact) mass is 465 g/mol. The summed E-state index contributed by atoms with van der Waals surface area (Å²) >= 11 is 0. The number of rotatable bonds is 6. The standard InChI is InChI=1S/C26H35N5O3/c1-18-10-12-20(13-11-18)17-30-14-7-15-31-23(26(30)34)16-22(28-31)24(32)27-19(2)25(33)29(3)21-8-5-4-6-9-21/h10-13,16,19,21H,4-9,14-15,17H2,1-3H3,(H,27,32). The number of carbonyl (C=O) groups is 3. The van der Waals surface area contributed by atoms with Gasteiger partial charge in [0.1, 0.15) is 11.7 Å². The normalized spacial score (nSPS) is 17.6. The predicted octanol–water partition coefficient (Wildman–Crippen LogP) is 3.15. The van der Waals surface area contributed by atoms with E-state index in [4.69, 9.17) is 0 Å². The van der Waals surface area contributed by atoms with Crippen LogP contribution in [0.3, 0.4) is 0 Å². The molecule has 2 aliphatic rings. The summed E-state index contributed by atoms with van der Waals surface area (Å²) in [6.07, 6.45) is 6.28. The molecule has 1 atom stereocenters. The third kappa shape index (κ3) is 5.32. The van der Waals surface area contributed by atoms with Gasteiger partial charge in [-0.1, -0.05) is 49.1 Å². The van der Waals surface area contributed by atoms with Crippen molar-refractivity contribution in [3.05, 3.63) is 52.8 Å². The number of aryl methyl sites for hydroxylation is 2. The van der Waals surface area contributed by atoms with E-state index in [9.17, 15) is 14.4 Å². The molecule has 8 nitrogen and oxygen atoms in total. The number of hydrogen-bond donors (Lipinski definition) is 1. The molecule has 182 valence electrons. The van der Waals surface area contributed by atoms with Gasteiger partial charge in [-0.15, -0.1) is 0 Å². The summed E-state index contributed by atoms with van der Waals surface area (Å²) < 4.78 is 1.62. The molecule has 0 saturated heterocycles. The van der Waals surface area contributed by atoms with Gasteiger partial charge in [0.15, 0.2) is 5.69 Å². The Morgan fingerprint density at radius 2 is 1.82 bits per heavy atom. The molecule has 2 heterocycles. The lowest BCUT2D eigenvalue weighted by molar-refractivity contribution is -0.134. The summed E-state index contributed by atoms with van der Waals surface area (Å²) in [5.74, 6) is -0.663. The number of carbonyl (C=O) groups excluding carboxylic acids is 3. The van der Waals surface area contributed by atoms with Crippen molar-refractivity contribution in [1.29, 1.82) is 0 Å². The fraction of sp³-hybridized carbons (Fsp3) is 0.538. The summed E-state index contributed by atoms with van der Waals surface area (Å²) in [6.45, 7) is 5.46. The fourth-order valence-electron chi connectivity index (χ4n) is 4.90. The van der Waals surface area contributed by atoms with Crippen molar-refractivity contribution in [1.82, 2.24) is 24.9 Å². The van der Waals surface area contributed by atoms with Crippen LogP contribution in [0, 0.1) is 6.92 Å². The summed E-state index contributed by atoms with van der Waals surface area (Å²) in [6, 6.07) is 9.28. The van der Waals surface area contributed by atoms with Crippen molar-refractivity contribution < 1.29 is 14.4 Å². The Labute approximate surface area is 201 Å². The highest BCUT2D eigenvalue weighted by atomic mass is 16.2. The van der Waals surface area contributed by atoms with Crippen LogP contribution in [0.2, 0.25) is 0 Å². The third-order valence-corrected chi connectivity index (χ3v) is 7.00. The lowest BCUT2D eigenvalue weighted by atomic mass is 9.94. The van der Waals surface area contributed by atoms with Gasteiger partial charge in [0.05, 0.1) is 0 Å². The lowest BCUT2D eigenvalue weighted by Gasteiger charge is -2.33. The smallest absolute Gasteiger partial charge is 0.272 e. The maximum Gasteiger partial charge on any atom is 0.272 e. The van der Waals surface area contributed by atoms with Crippen LogP contribution >= 0.6 is 0 Å². The van der Waals surface area contributed by atoms with Crippen molar-refractivity contribution in [3.63, 3.8) is 0 Å². The van der Waals surface area contributed by atoms with Crippen molar-refractivity contribution >= 4 is 17.7 Å². The Bertz CT molecular complexity index is 1040. The van der Waals surface area contributed by atoms with Crippen LogP contribution in [0.4, 0.5) is 0 Å². The number of nitrogens with one attached hydrogen (secondary N) is 1. The average molecular weight is 466 g/mol. The van der Waals surface area contributed by atoms with Crippen molar-refractivity contribution in [2.75, 3.05) is 13.6 Å². The summed E-state index contributed by atoms with van der Waals surface area (Å²) in [4.78, 5) is 42.5. The first-order valence-corrected chi connectivity index (χ1v) is 12.3. The van der Waals surface area contributed by atoms with Gasteiger partial charge in [0.2, 0.25) is 5.91 Å². The van der Waals surface area contributed by atoms with E-state index in [1.165, 1.54) is 12.0 Å². The van der Waals surface area contributed by atoms with Gasteiger partial charge < -0.3 is 15.1 Å². The number of amides is 3. The molecule has 1 aliphatic carbocycles. The van der Waals surface area contributed by atoms with E-state index in [1.54, 1.807) is 27.5 Å². The van der Waals surface area contributed by atoms with Crippen molar-refractivity contribution in [3.8, 4) is 0 Å². The lowest BCUT2D eigenvalue weighted by Crippen LogP contribution is -2.49. The predicted molar refractivity (Wildman–Crippen MR) is 129 cm³/mol. The number of likely N-dealkylation sites (N-methyl/N-ethyl adjacent to an activating group) is 1. The molecule has 4 rings (SSSR count). The molecule has 1 unspecified atom stereocenters. The minimum Gasteiger partial charge on any atom is -0.341 e. The number of hydrogen-bond acceptors (Lipinski definition) is 4. The third-order valence-electron chi connectivity index (χ3n) is 7.00. The Morgan fingerprint density at radius 3 is 2.53 bits per heavy atom. The highest BCUT2D eigenvalue weighted by Gasteiger charge is 2.29. The molecule has 2 aromatic rings. The van der Waals surface area contributed by atoms with E-state index in [1.807, 2.05) is 38.2 Å². The van der Waals surface area contributed by atoms with Crippen LogP contribution in [0.25, 0.3) is 0 Å². The largest absolute Gasteiger partial charge is 0.341 e. The van der Waals surface area contributed by atoms with Crippen LogP contribution < -0.4 is 5.32 Å². The Morgan fingerprint density at radius 1 is 1.12 bits per heavy atom. The van der Waals surface area contributed by atoms with Gasteiger partial charge >= 0.3 is 0 Å². The quantitative estimate of drug-likeness (QED) is 0.710. The average Bonchev–Trinajstić information content (AvgIpc) is 3.22. The maximum absolute atomic E-state index is 13.2. The summed E-state index contributed by atoms with van der Waals surface area (Å²) in [5.41, 5.74) is 2.82. The van der Waals surface area contributed by atoms with Gasteiger partial charge in [0, 0.05) is 38.8 Å². The number of fused-ring (bicyclic) bond motifs is 1. The van der Waals surface area contributed by atoms with E-state index in [0.29, 0.717) is 25.3 Å². The van der Waals surface area contributed by atoms with Gasteiger partial charge in [-0.25, -0.2) is 0 Å². The van der Waals surface area contributed by atoms with Crippen LogP contribution in [0.1, 0.15) is 77.6 Å². The molecule has 0 spiro atoms. The number of nitrogens with zero attached hydrogens (tertiary/aromatic N) is 4. The zero-order chi connectivity index (χ0) is 24.2. The molecule has 0 radical (unpaired) electrons. The summed E-state index contributed by atoms with van der Waals surface area (Å²) in [5, 5.41) is 7.17. The highest BCUT2D eigenvalue weighted by Crippen LogP contribution is 2.22. The molecule has 8 heteroatoms. The van der Waals surface area contributed by atoms with Crippen LogP contribution in [-0.2, 0) is 17.9 Å². The molecule has 34 heavy (non-hydrogen) atoms. The van der Waals surface area contributed by atoms with E-state index >= 15 is 0 Å². The van der Waals surface area contributed by atoms with Crippen LogP contribution in [0.5, 0.6) is 0 Å². The highest BCUT2D eigenvalue weighted by molar-refractivity contribution is 5.99. The molecule has 1 N–H and O–H groups in total. The molecule has 0 bridgehead atoms. The fourth-order valence-corrected chi connectivity index (χ4v) is 4.90. The topological polar surface area (TPSA) is 87.5 Å². The molecular weight excluding hydrogens is 430 g/mol. The molecule has 1 saturated carbocycles. The van der Waals surface area contributed by atoms with E-state index in [0.717, 1.165) is 37.7 Å². The Hall–Kier alpha value is -3.16. The SMILES string of the molecule is Cc1ccc(CN2CCCn3nc(C(=O)NC(C)C(=O)N(C)C4CCCCC4)cc3C2=O)cc1. The minimum atomic E-state index is -0.658. The van der Waals surface area contributed by atoms with Crippen molar-refractivity contribution in [2.24, 2.45) is 0 Å². The van der Waals surface area contributed by atoms with E-state index in [2.05, 4.69) is 10.4 Å². The molecule has 1 aromatic carbocycles. The zero-order valence-corrected chi connectivity index (χ0v) is 20.4. The summed E-state index contributed by atoms with van der Waals surface area (Å²) in [7, 11) is 1.82. The second kappa shape index (κ2) is 10.4. The number of aromatic nitrogens is 2. The first kappa shape index (κ1) is 24.0. The van der Waals surface area contributed by atoms with Crippen LogP contribution in [0.15, 0.2) is 30.3 Å². The van der Waals surface area contributed by atoms with Gasteiger partial charge in [-0.2, -0.15) is 5.10 Å². The first-order chi connectivity index (χ1) is 16.3. The van der Waals surface area contributed by atoms with Gasteiger partial charge in [0.25, 0.3) is 11.8 Å². The Balaban J connectivity index is 1.41. The molecule has 3 amide bonds. The zero-order valence-electron chi connectivity index (χ0n) is 20.4. The van der Waals surface area contributed by atoms with Crippen molar-refractivity contribution in [2.45, 2.75) is 77.5 Å². The second-order valence-electron chi connectivity index (χ2n) is 9.64. The van der Waals surface area contributed by atoms with E-state index in [-0.39, 0.29) is 23.6 Å². The second-order valence-corrected chi connectivity index (χ2v) is 9.64. The molecule has 1 aromatic heterocycles. The van der Waals surface area contributed by atoms with Gasteiger partial charge in [-0.05, 0) is 38.7 Å². The maximum atomic E-state index is 13.2. The first-order valence-electron chi connectivity index (χ1n) is 12.3. The Kier molecular flexibility index (Phi) is 7.34. The minimum absolute atomic E-state index is 0.0960.